The maximum atomic E-state index is 13.2. The summed E-state index contributed by atoms with van der Waals surface area (Å²) in [5, 5.41) is 0.867. The smallest absolute Gasteiger partial charge is 0.123 e. The van der Waals surface area contributed by atoms with Gasteiger partial charge in [-0.25, -0.2) is 4.39 Å². The van der Waals surface area contributed by atoms with Gasteiger partial charge in [0.15, 0.2) is 0 Å². The number of hydrogen-bond acceptors (Lipinski definition) is 2. The highest BCUT2D eigenvalue weighted by atomic mass is 19.1. The second-order valence-corrected chi connectivity index (χ2v) is 4.27. The van der Waals surface area contributed by atoms with Crippen LogP contribution < -0.4 is 5.73 Å². The summed E-state index contributed by atoms with van der Waals surface area (Å²) in [5.41, 5.74) is 8.99. The fraction of sp³-hybridized carbons (Fsp3) is 0.0714. The Morgan fingerprint density at radius 2 is 2.00 bits per heavy atom. The Bertz CT molecular complexity index is 714. The van der Waals surface area contributed by atoms with Gasteiger partial charge in [-0.2, -0.15) is 0 Å². The third-order valence-electron chi connectivity index (χ3n) is 3.05. The molecule has 0 amide bonds. The highest BCUT2D eigenvalue weighted by Crippen LogP contribution is 2.26. The van der Waals surface area contributed by atoms with E-state index < -0.39 is 0 Å². The lowest BCUT2D eigenvalue weighted by Gasteiger charge is -2.03. The van der Waals surface area contributed by atoms with Crippen molar-refractivity contribution in [2.45, 2.75) is 0 Å². The molecule has 90 valence electrons. The molecule has 0 saturated carbocycles. The number of nitrogen functional groups attached to an aromatic ring is 1. The Morgan fingerprint density at radius 3 is 2.72 bits per heavy atom. The van der Waals surface area contributed by atoms with Gasteiger partial charge in [0.1, 0.15) is 5.82 Å². The topological polar surface area (TPSA) is 43.8 Å². The van der Waals surface area contributed by atoms with E-state index in [1.54, 1.807) is 18.3 Å². The molecule has 0 atom stereocenters. The number of fused-ring (bicyclic) bond motifs is 1. The Hall–Kier alpha value is -2.36. The van der Waals surface area contributed by atoms with E-state index in [0.29, 0.717) is 5.69 Å². The standard InChI is InChI=1S/C14H12FN3/c1-18-13-5-2-10(15)6-9(13)7-14(18)12-4-3-11(16)8-17-12/h2-8H,16H2,1H3. The first-order valence-corrected chi connectivity index (χ1v) is 5.62. The highest BCUT2D eigenvalue weighted by Gasteiger charge is 2.09. The van der Waals surface area contributed by atoms with Gasteiger partial charge in [-0.3, -0.25) is 4.98 Å². The van der Waals surface area contributed by atoms with Crippen molar-refractivity contribution in [3.05, 3.63) is 48.4 Å². The summed E-state index contributed by atoms with van der Waals surface area (Å²) in [6.07, 6.45) is 1.62. The van der Waals surface area contributed by atoms with Crippen molar-refractivity contribution in [1.82, 2.24) is 9.55 Å². The molecule has 0 aliphatic heterocycles. The minimum atomic E-state index is -0.232. The molecule has 3 nitrogen and oxygen atoms in total. The zero-order chi connectivity index (χ0) is 12.7. The Labute approximate surface area is 104 Å². The lowest BCUT2D eigenvalue weighted by atomic mass is 10.2. The second-order valence-electron chi connectivity index (χ2n) is 4.27. The van der Waals surface area contributed by atoms with Crippen LogP contribution in [0.2, 0.25) is 0 Å². The van der Waals surface area contributed by atoms with Gasteiger partial charge in [0, 0.05) is 18.0 Å². The number of hydrogen-bond donors (Lipinski definition) is 1. The summed E-state index contributed by atoms with van der Waals surface area (Å²) < 4.78 is 15.2. The van der Waals surface area contributed by atoms with Crippen LogP contribution in [0.25, 0.3) is 22.3 Å². The number of aryl methyl sites for hydroxylation is 1. The number of rotatable bonds is 1. The van der Waals surface area contributed by atoms with E-state index in [-0.39, 0.29) is 5.82 Å². The molecule has 2 heterocycles. The normalized spacial score (nSPS) is 11.0. The number of anilines is 1. The van der Waals surface area contributed by atoms with Gasteiger partial charge < -0.3 is 10.3 Å². The molecule has 0 aliphatic carbocycles. The molecule has 0 fully saturated rings. The van der Waals surface area contributed by atoms with Gasteiger partial charge in [-0.1, -0.05) is 0 Å². The van der Waals surface area contributed by atoms with Crippen molar-refractivity contribution in [3.63, 3.8) is 0 Å². The van der Waals surface area contributed by atoms with E-state index in [1.165, 1.54) is 12.1 Å². The summed E-state index contributed by atoms with van der Waals surface area (Å²) in [6.45, 7) is 0. The van der Waals surface area contributed by atoms with Crippen molar-refractivity contribution in [3.8, 4) is 11.4 Å². The number of nitrogens with two attached hydrogens (primary N) is 1. The molecule has 0 radical (unpaired) electrons. The number of pyridine rings is 1. The third-order valence-corrected chi connectivity index (χ3v) is 3.05. The Balaban J connectivity index is 2.23. The van der Waals surface area contributed by atoms with Crippen LogP contribution in [0.15, 0.2) is 42.6 Å². The highest BCUT2D eigenvalue weighted by molar-refractivity contribution is 5.86. The maximum Gasteiger partial charge on any atom is 0.123 e. The Morgan fingerprint density at radius 1 is 1.17 bits per heavy atom. The second kappa shape index (κ2) is 3.84. The van der Waals surface area contributed by atoms with Gasteiger partial charge in [0.05, 0.1) is 23.3 Å². The molecule has 2 N–H and O–H groups in total. The molecule has 18 heavy (non-hydrogen) atoms. The maximum absolute atomic E-state index is 13.2. The van der Waals surface area contributed by atoms with Crippen molar-refractivity contribution >= 4 is 16.6 Å². The summed E-state index contributed by atoms with van der Waals surface area (Å²) >= 11 is 0. The van der Waals surface area contributed by atoms with Crippen LogP contribution in [0.3, 0.4) is 0 Å². The lowest BCUT2D eigenvalue weighted by molar-refractivity contribution is 0.629. The summed E-state index contributed by atoms with van der Waals surface area (Å²) in [5.74, 6) is -0.232. The fourth-order valence-corrected chi connectivity index (χ4v) is 2.12. The van der Waals surface area contributed by atoms with Crippen LogP contribution in [0.4, 0.5) is 10.1 Å². The molecule has 0 saturated heterocycles. The molecule has 0 unspecified atom stereocenters. The number of nitrogens with zero attached hydrogens (tertiary/aromatic N) is 2. The zero-order valence-corrected chi connectivity index (χ0v) is 9.89. The van der Waals surface area contributed by atoms with Gasteiger partial charge >= 0.3 is 0 Å². The lowest BCUT2D eigenvalue weighted by Crippen LogP contribution is -1.94. The first-order valence-electron chi connectivity index (χ1n) is 5.62. The van der Waals surface area contributed by atoms with Crippen LogP contribution in [0.1, 0.15) is 0 Å². The first-order chi connectivity index (χ1) is 8.65. The average molecular weight is 241 g/mol. The van der Waals surface area contributed by atoms with Gasteiger partial charge in [0.2, 0.25) is 0 Å². The minimum Gasteiger partial charge on any atom is -0.397 e. The molecule has 3 rings (SSSR count). The van der Waals surface area contributed by atoms with E-state index in [9.17, 15) is 4.39 Å². The summed E-state index contributed by atoms with van der Waals surface area (Å²) in [4.78, 5) is 4.29. The molecule has 1 aromatic carbocycles. The zero-order valence-electron chi connectivity index (χ0n) is 9.89. The van der Waals surface area contributed by atoms with E-state index >= 15 is 0 Å². The quantitative estimate of drug-likeness (QED) is 0.711. The van der Waals surface area contributed by atoms with E-state index in [4.69, 9.17) is 5.73 Å². The van der Waals surface area contributed by atoms with E-state index in [0.717, 1.165) is 22.3 Å². The van der Waals surface area contributed by atoms with Crippen molar-refractivity contribution in [2.24, 2.45) is 7.05 Å². The molecule has 0 aliphatic rings. The van der Waals surface area contributed by atoms with Gasteiger partial charge in [0.25, 0.3) is 0 Å². The minimum absolute atomic E-state index is 0.232. The molecule has 0 bridgehead atoms. The monoisotopic (exact) mass is 241 g/mol. The van der Waals surface area contributed by atoms with Crippen molar-refractivity contribution in [1.29, 1.82) is 0 Å². The van der Waals surface area contributed by atoms with Crippen molar-refractivity contribution in [2.75, 3.05) is 5.73 Å². The molecular formula is C14H12FN3. The van der Waals surface area contributed by atoms with Gasteiger partial charge in [-0.05, 0) is 36.4 Å². The number of halogens is 1. The van der Waals surface area contributed by atoms with E-state index in [1.807, 2.05) is 23.7 Å². The van der Waals surface area contributed by atoms with Crippen LogP contribution in [0, 0.1) is 5.82 Å². The largest absolute Gasteiger partial charge is 0.397 e. The van der Waals surface area contributed by atoms with E-state index in [2.05, 4.69) is 4.98 Å². The van der Waals surface area contributed by atoms with Crippen LogP contribution in [-0.2, 0) is 7.05 Å². The molecular weight excluding hydrogens is 229 g/mol. The number of benzene rings is 1. The van der Waals surface area contributed by atoms with Crippen LogP contribution >= 0.6 is 0 Å². The van der Waals surface area contributed by atoms with Crippen molar-refractivity contribution < 1.29 is 4.39 Å². The first kappa shape index (κ1) is 10.8. The third kappa shape index (κ3) is 1.62. The predicted octanol–water partition coefficient (Wildman–Crippen LogP) is 2.96. The molecule has 2 aromatic heterocycles. The van der Waals surface area contributed by atoms with Crippen LogP contribution in [-0.4, -0.2) is 9.55 Å². The average Bonchev–Trinajstić information content (AvgIpc) is 2.67. The predicted molar refractivity (Wildman–Crippen MR) is 70.5 cm³/mol. The van der Waals surface area contributed by atoms with Gasteiger partial charge in [-0.15, -0.1) is 0 Å². The summed E-state index contributed by atoms with van der Waals surface area (Å²) in [6, 6.07) is 10.3. The Kier molecular flexibility index (Phi) is 2.30. The van der Waals surface area contributed by atoms with Crippen LogP contribution in [0.5, 0.6) is 0 Å². The SMILES string of the molecule is Cn1c(-c2ccc(N)cn2)cc2cc(F)ccc21. The summed E-state index contributed by atoms with van der Waals surface area (Å²) in [7, 11) is 1.94. The molecule has 3 aromatic rings. The fourth-order valence-electron chi connectivity index (χ4n) is 2.12. The molecule has 4 heteroatoms. The number of aromatic nitrogens is 2. The molecule has 0 spiro atoms.